The highest BCUT2D eigenvalue weighted by Gasteiger charge is 2.55. The molecule has 1 atom stereocenters. The van der Waals surface area contributed by atoms with E-state index in [2.05, 4.69) is 89.6 Å². The molecule has 2 aliphatic heterocycles. The van der Waals surface area contributed by atoms with Crippen LogP contribution in [0.2, 0.25) is 0 Å². The molecule has 0 spiro atoms. The van der Waals surface area contributed by atoms with Crippen LogP contribution in [0.1, 0.15) is 67.8 Å². The Hall–Kier alpha value is -2.54. The summed E-state index contributed by atoms with van der Waals surface area (Å²) in [6.45, 7) is 10.3. The van der Waals surface area contributed by atoms with Gasteiger partial charge in [0.25, 0.3) is 0 Å². The second-order valence-corrected chi connectivity index (χ2v) is 10.9. The quantitative estimate of drug-likeness (QED) is 0.514. The second-order valence-electron chi connectivity index (χ2n) is 10.9. The molecule has 6 nitrogen and oxygen atoms in total. The van der Waals surface area contributed by atoms with Gasteiger partial charge in [-0.25, -0.2) is 0 Å². The number of hydrogen-bond donors (Lipinski definition) is 3. The van der Waals surface area contributed by atoms with Crippen LogP contribution in [0.15, 0.2) is 48.8 Å². The van der Waals surface area contributed by atoms with Gasteiger partial charge >= 0.3 is 0 Å². The first-order valence-electron chi connectivity index (χ1n) is 12.5. The predicted octanol–water partition coefficient (Wildman–Crippen LogP) is 4.25. The van der Waals surface area contributed by atoms with Gasteiger partial charge in [0, 0.05) is 53.6 Å². The standard InChI is InChI=1S/C28H37N5O/c1-19(2)20-5-7-23(8-6-20)28(34,27(3)17-33(4)18-27)24-13-22(15-30-16-24)26-14-25(31-32-26)21-9-11-29-12-10-21/h5-8,13-16,19,21,29,34H,9-12,17-18H2,1-4H3,(H,31,32)/t28-/m0/s1. The summed E-state index contributed by atoms with van der Waals surface area (Å²) < 4.78 is 0. The molecule has 6 heteroatoms. The van der Waals surface area contributed by atoms with E-state index in [9.17, 15) is 5.11 Å². The number of aromatic nitrogens is 3. The number of piperidine rings is 1. The minimum absolute atomic E-state index is 0.312. The van der Waals surface area contributed by atoms with Crippen molar-refractivity contribution in [3.63, 3.8) is 0 Å². The summed E-state index contributed by atoms with van der Waals surface area (Å²) in [5, 5.41) is 23.8. The topological polar surface area (TPSA) is 77.1 Å². The Kier molecular flexibility index (Phi) is 6.09. The van der Waals surface area contributed by atoms with Crippen LogP contribution in [-0.4, -0.2) is 58.4 Å². The summed E-state index contributed by atoms with van der Waals surface area (Å²) in [4.78, 5) is 6.83. The first-order chi connectivity index (χ1) is 16.3. The molecule has 5 rings (SSSR count). The molecule has 0 bridgehead atoms. The maximum atomic E-state index is 12.5. The second kappa shape index (κ2) is 8.91. The van der Waals surface area contributed by atoms with Crippen molar-refractivity contribution in [1.29, 1.82) is 0 Å². The van der Waals surface area contributed by atoms with Gasteiger partial charge in [0.2, 0.25) is 0 Å². The van der Waals surface area contributed by atoms with Gasteiger partial charge in [-0.15, -0.1) is 0 Å². The van der Waals surface area contributed by atoms with Crippen molar-refractivity contribution in [2.24, 2.45) is 5.41 Å². The summed E-state index contributed by atoms with van der Waals surface area (Å²) in [7, 11) is 2.10. The summed E-state index contributed by atoms with van der Waals surface area (Å²) in [5.41, 5.74) is 4.57. The minimum Gasteiger partial charge on any atom is -0.380 e. The number of hydrogen-bond acceptors (Lipinski definition) is 5. The smallest absolute Gasteiger partial charge is 0.124 e. The van der Waals surface area contributed by atoms with Crippen molar-refractivity contribution in [3.8, 4) is 11.3 Å². The molecule has 4 heterocycles. The molecular formula is C28H37N5O. The number of aromatic amines is 1. The van der Waals surface area contributed by atoms with Gasteiger partial charge in [-0.2, -0.15) is 5.10 Å². The fourth-order valence-corrected chi connectivity index (χ4v) is 5.95. The summed E-state index contributed by atoms with van der Waals surface area (Å²) in [6, 6.07) is 12.7. The van der Waals surface area contributed by atoms with Crippen LogP contribution in [-0.2, 0) is 5.60 Å². The average molecular weight is 460 g/mol. The van der Waals surface area contributed by atoms with Gasteiger partial charge in [-0.05, 0) is 62.2 Å². The van der Waals surface area contributed by atoms with Crippen molar-refractivity contribution < 1.29 is 5.11 Å². The van der Waals surface area contributed by atoms with Crippen LogP contribution in [0.25, 0.3) is 11.3 Å². The molecule has 34 heavy (non-hydrogen) atoms. The van der Waals surface area contributed by atoms with Gasteiger partial charge in [-0.1, -0.05) is 45.0 Å². The normalized spacial score (nSPS) is 20.8. The molecule has 1 aromatic carbocycles. The number of nitrogens with zero attached hydrogens (tertiary/aromatic N) is 3. The van der Waals surface area contributed by atoms with E-state index in [1.165, 1.54) is 11.3 Å². The minimum atomic E-state index is -1.15. The summed E-state index contributed by atoms with van der Waals surface area (Å²) in [5.74, 6) is 0.964. The molecule has 180 valence electrons. The van der Waals surface area contributed by atoms with Gasteiger partial charge in [0.1, 0.15) is 5.60 Å². The number of rotatable bonds is 6. The summed E-state index contributed by atoms with van der Waals surface area (Å²) in [6.07, 6.45) is 5.92. The zero-order chi connectivity index (χ0) is 23.9. The Morgan fingerprint density at radius 1 is 1.06 bits per heavy atom. The number of pyridine rings is 1. The third kappa shape index (κ3) is 3.98. The fraction of sp³-hybridized carbons (Fsp3) is 0.500. The van der Waals surface area contributed by atoms with Crippen LogP contribution < -0.4 is 5.32 Å². The molecule has 3 aromatic rings. The van der Waals surface area contributed by atoms with Crippen molar-refractivity contribution in [3.05, 3.63) is 71.2 Å². The molecule has 3 N–H and O–H groups in total. The van der Waals surface area contributed by atoms with Crippen LogP contribution >= 0.6 is 0 Å². The van der Waals surface area contributed by atoms with Crippen molar-refractivity contribution in [1.82, 2.24) is 25.4 Å². The highest BCUT2D eigenvalue weighted by atomic mass is 16.3. The molecule has 0 radical (unpaired) electrons. The van der Waals surface area contributed by atoms with E-state index in [1.54, 1.807) is 0 Å². The molecule has 0 unspecified atom stereocenters. The Labute approximate surface area is 202 Å². The molecule has 2 fully saturated rings. The highest BCUT2D eigenvalue weighted by molar-refractivity contribution is 5.60. The van der Waals surface area contributed by atoms with E-state index < -0.39 is 5.60 Å². The van der Waals surface area contributed by atoms with Crippen LogP contribution in [0.4, 0.5) is 0 Å². The third-order valence-electron chi connectivity index (χ3n) is 7.93. The maximum absolute atomic E-state index is 12.5. The number of H-pyrrole nitrogens is 1. The van der Waals surface area contributed by atoms with Gasteiger partial charge in [-0.3, -0.25) is 10.1 Å². The maximum Gasteiger partial charge on any atom is 0.124 e. The number of benzene rings is 1. The first kappa shape index (κ1) is 23.2. The molecule has 0 aliphatic carbocycles. The van der Waals surface area contributed by atoms with Gasteiger partial charge in [0.15, 0.2) is 0 Å². The Balaban J connectivity index is 1.53. The lowest BCUT2D eigenvalue weighted by atomic mass is 9.62. The lowest BCUT2D eigenvalue weighted by molar-refractivity contribution is -0.127. The molecular weight excluding hydrogens is 422 g/mol. The van der Waals surface area contributed by atoms with Crippen LogP contribution in [0, 0.1) is 5.41 Å². The Bertz CT molecular complexity index is 1130. The fourth-order valence-electron chi connectivity index (χ4n) is 5.95. The van der Waals surface area contributed by atoms with Crippen LogP contribution in [0.3, 0.4) is 0 Å². The molecule has 0 saturated carbocycles. The number of likely N-dealkylation sites (tertiary alicyclic amines) is 1. The van der Waals surface area contributed by atoms with Crippen molar-refractivity contribution in [2.75, 3.05) is 33.2 Å². The monoisotopic (exact) mass is 459 g/mol. The van der Waals surface area contributed by atoms with E-state index in [4.69, 9.17) is 0 Å². The molecule has 2 aromatic heterocycles. The third-order valence-corrected chi connectivity index (χ3v) is 7.93. The SMILES string of the molecule is CC(C)c1ccc([C@](O)(c2cncc(-c3cc(C4CCNCC4)[nH]n3)c2)C2(C)CN(C)C2)cc1. The molecule has 2 aliphatic rings. The van der Waals surface area contributed by atoms with Crippen molar-refractivity contribution >= 4 is 0 Å². The average Bonchev–Trinajstić information content (AvgIpc) is 3.34. The van der Waals surface area contributed by atoms with E-state index in [-0.39, 0.29) is 5.41 Å². The predicted molar refractivity (Wildman–Crippen MR) is 136 cm³/mol. The number of aliphatic hydroxyl groups is 1. The zero-order valence-corrected chi connectivity index (χ0v) is 20.8. The van der Waals surface area contributed by atoms with E-state index in [1.807, 2.05) is 12.4 Å². The van der Waals surface area contributed by atoms with E-state index in [0.29, 0.717) is 11.8 Å². The van der Waals surface area contributed by atoms with E-state index in [0.717, 1.165) is 61.4 Å². The lowest BCUT2D eigenvalue weighted by Crippen LogP contribution is -2.63. The lowest BCUT2D eigenvalue weighted by Gasteiger charge is -2.55. The first-order valence-corrected chi connectivity index (χ1v) is 12.5. The zero-order valence-electron chi connectivity index (χ0n) is 20.8. The van der Waals surface area contributed by atoms with Gasteiger partial charge < -0.3 is 15.3 Å². The van der Waals surface area contributed by atoms with Crippen molar-refractivity contribution in [2.45, 2.75) is 51.0 Å². The molecule has 2 saturated heterocycles. The Morgan fingerprint density at radius 2 is 1.76 bits per heavy atom. The summed E-state index contributed by atoms with van der Waals surface area (Å²) >= 11 is 0. The highest BCUT2D eigenvalue weighted by Crippen LogP contribution is 2.50. The van der Waals surface area contributed by atoms with E-state index >= 15 is 0 Å². The molecule has 0 amide bonds. The number of nitrogens with one attached hydrogen (secondary N) is 2. The van der Waals surface area contributed by atoms with Crippen LogP contribution in [0.5, 0.6) is 0 Å². The Morgan fingerprint density at radius 3 is 2.41 bits per heavy atom. The van der Waals surface area contributed by atoms with Gasteiger partial charge in [0.05, 0.1) is 5.69 Å². The largest absolute Gasteiger partial charge is 0.380 e.